The van der Waals surface area contributed by atoms with E-state index < -0.39 is 44.2 Å². The van der Waals surface area contributed by atoms with Crippen LogP contribution in [0.4, 0.5) is 11.6 Å². The van der Waals surface area contributed by atoms with Crippen LogP contribution in [0.25, 0.3) is 28.2 Å². The van der Waals surface area contributed by atoms with Crippen LogP contribution < -0.4 is 80.6 Å². The number of imidazole rings is 1. The molecule has 664 valence electrons. The number of halogens is 5. The van der Waals surface area contributed by atoms with Crippen molar-refractivity contribution in [2.45, 2.75) is 5.38 Å². The molecule has 0 spiro atoms. The molecule has 25 heteroatoms. The first-order valence-electron chi connectivity index (χ1n) is 41.2. The molecule has 0 aliphatic heterocycles. The number of alkyl halides is 1. The van der Waals surface area contributed by atoms with Gasteiger partial charge in [0.25, 0.3) is 0 Å². The van der Waals surface area contributed by atoms with E-state index in [1.807, 2.05) is 66.7 Å². The summed E-state index contributed by atoms with van der Waals surface area (Å²) in [6.07, 6.45) is 7.15. The smallest absolute Gasteiger partial charge is 0.423 e. The minimum absolute atomic E-state index is 0. The normalized spacial score (nSPS) is 10.2. The largest absolute Gasteiger partial charge is 0.488 e. The zero-order chi connectivity index (χ0) is 92.7. The molecule has 4 aromatic heterocycles. The van der Waals surface area contributed by atoms with E-state index >= 15 is 0 Å². The minimum atomic E-state index is -1.34. The molecule has 15 aromatic carbocycles. The number of aldehydes is 3. The summed E-state index contributed by atoms with van der Waals surface area (Å²) < 4.78 is 1.57. The Hall–Kier alpha value is -12.5. The maximum Gasteiger partial charge on any atom is 0.488 e. The number of nitrogens with zero attached hydrogens (tertiary/aromatic N) is 7. The van der Waals surface area contributed by atoms with E-state index in [0.717, 1.165) is 17.4 Å². The van der Waals surface area contributed by atoms with Crippen LogP contribution >= 0.6 is 89.7 Å². The molecule has 0 unspecified atom stereocenters. The molecule has 0 aliphatic rings. The van der Waals surface area contributed by atoms with E-state index in [1.165, 1.54) is 82.5 Å². The van der Waals surface area contributed by atoms with Gasteiger partial charge in [-0.15, -0.1) is 11.6 Å². The van der Waals surface area contributed by atoms with Crippen LogP contribution in [0.15, 0.2) is 480 Å². The van der Waals surface area contributed by atoms with Gasteiger partial charge in [-0.05, 0) is 101 Å². The van der Waals surface area contributed by atoms with Crippen LogP contribution in [0.3, 0.4) is 0 Å². The number of hydrogen-bond donors (Lipinski definition) is 4. The average molecular weight is 2010 g/mol. The third kappa shape index (κ3) is 31.9. The molecule has 0 aliphatic carbocycles. The summed E-state index contributed by atoms with van der Waals surface area (Å²) in [5, 5.41) is 34.2. The van der Waals surface area contributed by atoms with Gasteiger partial charge in [-0.3, -0.25) is 9.20 Å². The summed E-state index contributed by atoms with van der Waals surface area (Å²) in [5.74, 6) is 0.511. The van der Waals surface area contributed by atoms with Crippen molar-refractivity contribution in [3.63, 3.8) is 0 Å². The quantitative estimate of drug-likeness (QED) is 0.0157. The molecule has 0 saturated carbocycles. The van der Waals surface area contributed by atoms with E-state index in [1.54, 1.807) is 35.0 Å². The molecule has 19 rings (SSSR count). The van der Waals surface area contributed by atoms with Gasteiger partial charge in [-0.25, -0.2) is 29.9 Å². The summed E-state index contributed by atoms with van der Waals surface area (Å²) in [7, 11) is -3.13. The first-order valence-corrected chi connectivity index (χ1v) is 48.6. The Morgan fingerprint density at radius 2 is 0.519 bits per heavy atom. The maximum atomic E-state index is 10.8. The molecule has 0 atom stereocenters. The van der Waals surface area contributed by atoms with Crippen LogP contribution in [0.1, 0.15) is 10.5 Å². The van der Waals surface area contributed by atoms with Gasteiger partial charge in [0.05, 0.1) is 17.6 Å². The molecule has 0 amide bonds. The number of nitrogens with two attached hydrogens (primary N) is 2. The zero-order valence-electron chi connectivity index (χ0n) is 71.4. The SMILES string of the molecule is Nc1ncnc(-c2ccccc2)c1Cl.Nc1ncnc(Cl)c1Cl.O=CC(Cl)C=O.O=Cc1cnc2c(Cl)c(-c3ccccc3)ncn12.OB(O)c1ccccc1.[Pd].c1ccc(P(c2ccccc2)c2ccccc2)cc1.c1ccc(P(c2ccccc2)c2ccccc2)cc1.c1ccc(P(c2ccccc2)c2ccccc2)cc1.c1ccc(P(c2ccccc2)c2ccccc2)cc1. The number of nitrogen functional groups attached to an aromatic ring is 2. The number of benzene rings is 15. The molecule has 133 heavy (non-hydrogen) atoms. The average Bonchev–Trinajstić information content (AvgIpc) is 1.64. The number of carbonyl (C=O) groups excluding carboxylic acids is 3. The number of carbonyl (C=O) groups is 3. The maximum absolute atomic E-state index is 10.8. The standard InChI is InChI=1S/4C18H15P.C13H8ClN3O.C10H8ClN3.C6H7BO2.C4H3Cl2N3.C3H3ClO2.Pd/c4*1-4-10-16(11-5-1)19(17-12-6-2-7-13-17)18-14-8-3-9-15-18;14-11-12(9-4-2-1-3-5-9)16-8-17-10(7-18)6-15-13(11)17;11-8-9(13-6-14-10(8)12)7-4-2-1-3-5-7;8-7(9)6-4-2-1-3-5-6;5-2-3(6)8-1-9-4(2)7;4-3(1-5)2-6;/h4*1-15H;1-8H;1-6H,(H2,12,13,14);1-5,8-9H;1H,(H2,7,8,9);1-3H;. The fourth-order valence-electron chi connectivity index (χ4n) is 12.7. The van der Waals surface area contributed by atoms with Crippen molar-refractivity contribution in [1.82, 2.24) is 34.3 Å². The molecule has 19 aromatic rings. The minimum Gasteiger partial charge on any atom is -0.423 e. The van der Waals surface area contributed by atoms with Crippen LogP contribution in [-0.4, -0.2) is 75.7 Å². The number of rotatable bonds is 18. The molecule has 0 saturated heterocycles. The van der Waals surface area contributed by atoms with Gasteiger partial charge in [0.1, 0.15) is 69.3 Å². The van der Waals surface area contributed by atoms with E-state index in [2.05, 4.69) is 394 Å². The summed E-state index contributed by atoms with van der Waals surface area (Å²) in [6, 6.07) is 157. The zero-order valence-corrected chi connectivity index (χ0v) is 80.3. The Morgan fingerprint density at radius 1 is 0.293 bits per heavy atom. The fourth-order valence-corrected chi connectivity index (χ4v) is 22.7. The van der Waals surface area contributed by atoms with Crippen LogP contribution in [-0.2, 0) is 30.0 Å². The number of fused-ring (bicyclic) bond motifs is 1. The molecule has 14 nitrogen and oxygen atoms in total. The summed E-state index contributed by atoms with van der Waals surface area (Å²) in [4.78, 5) is 53.0. The van der Waals surface area contributed by atoms with Crippen LogP contribution in [0, 0.1) is 0 Å². The van der Waals surface area contributed by atoms with Crippen molar-refractivity contribution in [1.29, 1.82) is 0 Å². The van der Waals surface area contributed by atoms with Crippen molar-refractivity contribution in [3.05, 3.63) is 506 Å². The molecule has 4 heterocycles. The van der Waals surface area contributed by atoms with Gasteiger partial charge in [0.15, 0.2) is 17.1 Å². The fraction of sp³-hybridized carbons (Fsp3) is 0.00926. The van der Waals surface area contributed by atoms with Crippen molar-refractivity contribution < 1.29 is 44.9 Å². The third-order valence-electron chi connectivity index (χ3n) is 18.9. The van der Waals surface area contributed by atoms with Gasteiger partial charge >= 0.3 is 7.12 Å². The molecule has 0 radical (unpaired) electrons. The molecule has 6 N–H and O–H groups in total. The third-order valence-corrected chi connectivity index (χ3v) is 30.3. The van der Waals surface area contributed by atoms with Gasteiger partial charge in [-0.2, -0.15) is 0 Å². The van der Waals surface area contributed by atoms with Crippen LogP contribution in [0.2, 0.25) is 20.2 Å². The Bertz CT molecular complexity index is 5670. The second kappa shape index (κ2) is 57.1. The van der Waals surface area contributed by atoms with E-state index in [9.17, 15) is 14.4 Å². The van der Waals surface area contributed by atoms with E-state index in [4.69, 9.17) is 79.5 Å². The Labute approximate surface area is 819 Å². The van der Waals surface area contributed by atoms with Crippen LogP contribution in [0.5, 0.6) is 0 Å². The van der Waals surface area contributed by atoms with Crippen molar-refractivity contribution in [3.8, 4) is 22.5 Å². The van der Waals surface area contributed by atoms with Gasteiger partial charge in [-0.1, -0.05) is 501 Å². The molecular formula is C108H89BCl5N9O5P4Pd. The molecule has 0 bridgehead atoms. The Morgan fingerprint density at radius 3 is 0.729 bits per heavy atom. The topological polar surface area (TPSA) is 225 Å². The Balaban J connectivity index is 0.000000158. The summed E-state index contributed by atoms with van der Waals surface area (Å²) in [6.45, 7) is 0. The van der Waals surface area contributed by atoms with Gasteiger partial charge in [0.2, 0.25) is 0 Å². The number of hydrogen-bond acceptors (Lipinski definition) is 13. The molecular weight excluding hydrogens is 1920 g/mol. The van der Waals surface area contributed by atoms with Gasteiger partial charge in [0, 0.05) is 31.5 Å². The number of anilines is 2. The van der Waals surface area contributed by atoms with Gasteiger partial charge < -0.3 is 31.1 Å². The second-order valence-electron chi connectivity index (χ2n) is 27.8. The first kappa shape index (κ1) is 103. The predicted molar refractivity (Wildman–Crippen MR) is 561 cm³/mol. The van der Waals surface area contributed by atoms with E-state index in [0.29, 0.717) is 56.6 Å². The van der Waals surface area contributed by atoms with Crippen molar-refractivity contribution >= 4 is 202 Å². The van der Waals surface area contributed by atoms with E-state index in [-0.39, 0.29) is 36.4 Å². The van der Waals surface area contributed by atoms with Crippen molar-refractivity contribution in [2.75, 3.05) is 11.5 Å². The summed E-state index contributed by atoms with van der Waals surface area (Å²) in [5.41, 5.74) is 15.5. The Kier molecular flexibility index (Phi) is 44.0. The van der Waals surface area contributed by atoms with Crippen molar-refractivity contribution in [2.24, 2.45) is 0 Å². The monoisotopic (exact) mass is 2010 g/mol. The first-order chi connectivity index (χ1) is 64.7. The summed E-state index contributed by atoms with van der Waals surface area (Å²) >= 11 is 28.1. The molecule has 0 fully saturated rings. The number of aromatic nitrogens is 7. The predicted octanol–water partition coefficient (Wildman–Crippen LogP) is 19.7. The second-order valence-corrected chi connectivity index (χ2v) is 38.7.